The van der Waals surface area contributed by atoms with Crippen molar-refractivity contribution in [2.45, 2.75) is 48.5 Å². The summed E-state index contributed by atoms with van der Waals surface area (Å²) < 4.78 is 4.83. The fraction of sp³-hybridized carbons (Fsp3) is 0.500. The van der Waals surface area contributed by atoms with E-state index < -0.39 is 0 Å². The van der Waals surface area contributed by atoms with Crippen LogP contribution in [0.1, 0.15) is 45.1 Å². The Hall–Kier alpha value is 0.829. The quantitative estimate of drug-likeness (QED) is 0.308. The molecular formula is C16H23ClTe2. The number of hydrogen-bond donors (Lipinski definition) is 0. The minimum absolute atomic E-state index is 0.101. The molecule has 1 aromatic carbocycles. The molecule has 3 heteroatoms. The van der Waals surface area contributed by atoms with Crippen molar-refractivity contribution < 1.29 is 0 Å². The van der Waals surface area contributed by atoms with Crippen LogP contribution in [0.4, 0.5) is 0 Å². The van der Waals surface area contributed by atoms with Gasteiger partial charge in [-0.2, -0.15) is 0 Å². The van der Waals surface area contributed by atoms with E-state index in [1.807, 2.05) is 13.8 Å². The van der Waals surface area contributed by atoms with Crippen molar-refractivity contribution in [2.24, 2.45) is 0 Å². The van der Waals surface area contributed by atoms with Gasteiger partial charge in [0.2, 0.25) is 0 Å². The zero-order chi connectivity index (χ0) is 13.9. The Labute approximate surface area is 143 Å². The fourth-order valence-corrected chi connectivity index (χ4v) is 11.5. The molecule has 0 saturated carbocycles. The second-order valence-corrected chi connectivity index (χ2v) is 13.8. The SMILES string of the molecule is CCCC[Te]C(=Cc1ccc(Cl)cc1)[Te]CCCC. The van der Waals surface area contributed by atoms with Gasteiger partial charge in [-0.1, -0.05) is 0 Å². The molecule has 0 amide bonds. The van der Waals surface area contributed by atoms with Gasteiger partial charge in [0.25, 0.3) is 0 Å². The van der Waals surface area contributed by atoms with Crippen LogP contribution < -0.4 is 0 Å². The first kappa shape index (κ1) is 17.9. The van der Waals surface area contributed by atoms with Crippen molar-refractivity contribution in [2.75, 3.05) is 0 Å². The number of rotatable bonds is 9. The van der Waals surface area contributed by atoms with Crippen molar-refractivity contribution in [1.82, 2.24) is 0 Å². The van der Waals surface area contributed by atoms with E-state index in [1.165, 1.54) is 40.2 Å². The molecule has 0 nitrogen and oxygen atoms in total. The molecule has 0 bridgehead atoms. The average Bonchev–Trinajstić information content (AvgIpc) is 2.41. The summed E-state index contributed by atoms with van der Waals surface area (Å²) in [6.07, 6.45) is 8.00. The summed E-state index contributed by atoms with van der Waals surface area (Å²) in [5, 5.41) is 0.837. The van der Waals surface area contributed by atoms with E-state index in [2.05, 4.69) is 32.1 Å². The van der Waals surface area contributed by atoms with Crippen LogP contribution in [0.15, 0.2) is 25.9 Å². The van der Waals surface area contributed by atoms with Crippen LogP contribution >= 0.6 is 11.6 Å². The second-order valence-electron chi connectivity index (χ2n) is 4.42. The normalized spacial score (nSPS) is 10.5. The summed E-state index contributed by atoms with van der Waals surface area (Å²) >= 11 is 6.15. The molecule has 1 rings (SSSR count). The predicted molar refractivity (Wildman–Crippen MR) is 90.4 cm³/mol. The molecule has 0 aromatic heterocycles. The molecule has 0 saturated heterocycles. The summed E-state index contributed by atoms with van der Waals surface area (Å²) in [6, 6.07) is 8.32. The Morgan fingerprint density at radius 1 is 1.00 bits per heavy atom. The van der Waals surface area contributed by atoms with Crippen molar-refractivity contribution in [1.29, 1.82) is 0 Å². The molecule has 0 radical (unpaired) electrons. The molecule has 0 spiro atoms. The van der Waals surface area contributed by atoms with Crippen LogP contribution in [-0.4, -0.2) is 41.8 Å². The van der Waals surface area contributed by atoms with Crippen molar-refractivity contribution in [3.63, 3.8) is 0 Å². The molecule has 1 aromatic rings. The van der Waals surface area contributed by atoms with Gasteiger partial charge in [-0.3, -0.25) is 0 Å². The maximum absolute atomic E-state index is 5.95. The first-order valence-electron chi connectivity index (χ1n) is 6.99. The molecule has 0 atom stereocenters. The van der Waals surface area contributed by atoms with Gasteiger partial charge < -0.3 is 0 Å². The zero-order valence-electron chi connectivity index (χ0n) is 11.8. The molecule has 0 aliphatic carbocycles. The molecule has 0 aliphatic rings. The molecular weight excluding hydrogens is 483 g/mol. The second kappa shape index (κ2) is 11.5. The van der Waals surface area contributed by atoms with E-state index in [1.54, 1.807) is 0 Å². The summed E-state index contributed by atoms with van der Waals surface area (Å²) in [6.45, 7) is 4.59. The van der Waals surface area contributed by atoms with Gasteiger partial charge in [-0.25, -0.2) is 0 Å². The van der Waals surface area contributed by atoms with Crippen molar-refractivity contribution in [3.8, 4) is 0 Å². The van der Waals surface area contributed by atoms with E-state index in [0.29, 0.717) is 0 Å². The van der Waals surface area contributed by atoms with E-state index in [4.69, 9.17) is 11.6 Å². The number of unbranched alkanes of at least 4 members (excludes halogenated alkanes) is 2. The Morgan fingerprint density at radius 3 is 2.00 bits per heavy atom. The van der Waals surface area contributed by atoms with Crippen LogP contribution in [0.3, 0.4) is 0 Å². The van der Waals surface area contributed by atoms with Crippen LogP contribution in [0.2, 0.25) is 14.0 Å². The fourth-order valence-electron chi connectivity index (χ4n) is 1.45. The molecule has 19 heavy (non-hydrogen) atoms. The van der Waals surface area contributed by atoms with E-state index >= 15 is 0 Å². The van der Waals surface area contributed by atoms with Gasteiger partial charge in [0.05, 0.1) is 0 Å². The van der Waals surface area contributed by atoms with Gasteiger partial charge in [0.15, 0.2) is 0 Å². The van der Waals surface area contributed by atoms with Crippen LogP contribution in [-0.2, 0) is 0 Å². The summed E-state index contributed by atoms with van der Waals surface area (Å²) in [4.78, 5) is 0. The molecule has 0 heterocycles. The number of benzene rings is 1. The van der Waals surface area contributed by atoms with Gasteiger partial charge >= 0.3 is 145 Å². The van der Waals surface area contributed by atoms with E-state index in [-0.39, 0.29) is 41.8 Å². The minimum atomic E-state index is 0.101. The Morgan fingerprint density at radius 2 is 1.53 bits per heavy atom. The van der Waals surface area contributed by atoms with E-state index in [0.717, 1.165) is 5.02 Å². The summed E-state index contributed by atoms with van der Waals surface area (Å²) in [5.74, 6) is 0. The number of hydrogen-bond acceptors (Lipinski definition) is 0. The third kappa shape index (κ3) is 8.65. The Balaban J connectivity index is 2.61. The first-order chi connectivity index (χ1) is 9.26. The zero-order valence-corrected chi connectivity index (χ0v) is 17.2. The summed E-state index contributed by atoms with van der Waals surface area (Å²) in [5.41, 5.74) is 1.35. The van der Waals surface area contributed by atoms with Gasteiger partial charge in [-0.15, -0.1) is 0 Å². The van der Waals surface area contributed by atoms with Crippen LogP contribution in [0.25, 0.3) is 6.08 Å². The number of halogens is 1. The van der Waals surface area contributed by atoms with Gasteiger partial charge in [0, 0.05) is 0 Å². The van der Waals surface area contributed by atoms with E-state index in [9.17, 15) is 0 Å². The average molecular weight is 506 g/mol. The standard InChI is InChI=1S/C16H23ClTe2/c1-3-5-11-18-16(19-12-6-4-2)13-14-7-9-15(17)10-8-14/h7-10,13H,3-6,11-12H2,1-2H3. The predicted octanol–water partition coefficient (Wildman–Crippen LogP) is 5.48. The van der Waals surface area contributed by atoms with Crippen LogP contribution in [0, 0.1) is 0 Å². The third-order valence-corrected chi connectivity index (χ3v) is 12.5. The van der Waals surface area contributed by atoms with Gasteiger partial charge in [0.1, 0.15) is 0 Å². The molecule has 106 valence electrons. The van der Waals surface area contributed by atoms with Crippen molar-refractivity contribution in [3.05, 3.63) is 36.5 Å². The Bertz CT molecular complexity index is 359. The molecule has 0 unspecified atom stereocenters. The maximum atomic E-state index is 5.95. The third-order valence-electron chi connectivity index (χ3n) is 2.64. The van der Waals surface area contributed by atoms with Crippen molar-refractivity contribution >= 4 is 59.5 Å². The topological polar surface area (TPSA) is 0 Å². The Kier molecular flexibility index (Phi) is 10.8. The molecule has 0 N–H and O–H groups in total. The first-order valence-corrected chi connectivity index (χ1v) is 13.0. The molecule has 0 aliphatic heterocycles. The van der Waals surface area contributed by atoms with Gasteiger partial charge in [-0.05, 0) is 0 Å². The summed E-state index contributed by atoms with van der Waals surface area (Å²) in [7, 11) is 0. The monoisotopic (exact) mass is 510 g/mol. The van der Waals surface area contributed by atoms with Crippen LogP contribution in [0.5, 0.6) is 0 Å². The molecule has 0 fully saturated rings.